The number of unbranched alkanes of at least 4 members (excludes halogenated alkanes) is 13. The van der Waals surface area contributed by atoms with E-state index in [2.05, 4.69) is 38.2 Å². The van der Waals surface area contributed by atoms with E-state index in [4.69, 9.17) is 18.5 Å². The van der Waals surface area contributed by atoms with Crippen LogP contribution in [0.2, 0.25) is 0 Å². The average Bonchev–Trinajstić information content (AvgIpc) is 3.09. The van der Waals surface area contributed by atoms with Crippen LogP contribution in [0.4, 0.5) is 0 Å². The van der Waals surface area contributed by atoms with E-state index in [1.165, 1.54) is 51.4 Å². The van der Waals surface area contributed by atoms with Crippen LogP contribution in [0.1, 0.15) is 149 Å². The van der Waals surface area contributed by atoms with Crippen molar-refractivity contribution >= 4 is 19.8 Å². The van der Waals surface area contributed by atoms with E-state index in [9.17, 15) is 24.2 Å². The lowest BCUT2D eigenvalue weighted by molar-refractivity contribution is -0.870. The molecular formula is C42H77NO9P+. The molecule has 53 heavy (non-hydrogen) atoms. The molecule has 2 unspecified atom stereocenters. The molecule has 10 nitrogen and oxygen atoms in total. The number of esters is 2. The maximum absolute atomic E-state index is 12.7. The molecular weight excluding hydrogens is 693 g/mol. The van der Waals surface area contributed by atoms with Crippen LogP contribution in [0.5, 0.6) is 0 Å². The molecule has 0 aromatic carbocycles. The highest BCUT2D eigenvalue weighted by atomic mass is 31.2. The van der Waals surface area contributed by atoms with E-state index >= 15 is 0 Å². The average molecular weight is 771 g/mol. The summed E-state index contributed by atoms with van der Waals surface area (Å²) in [5, 5.41) is 10.3. The fourth-order valence-corrected chi connectivity index (χ4v) is 5.86. The molecule has 0 aromatic rings. The Kier molecular flexibility index (Phi) is 33.1. The molecule has 0 heterocycles. The molecule has 0 amide bonds. The summed E-state index contributed by atoms with van der Waals surface area (Å²) in [6, 6.07) is 0. The zero-order valence-corrected chi connectivity index (χ0v) is 35.0. The van der Waals surface area contributed by atoms with E-state index in [-0.39, 0.29) is 26.1 Å². The maximum atomic E-state index is 12.7. The van der Waals surface area contributed by atoms with Gasteiger partial charge in [-0.25, -0.2) is 4.57 Å². The molecule has 0 aliphatic rings. The molecule has 0 bridgehead atoms. The number of ether oxygens (including phenoxy) is 2. The predicted octanol–water partition coefficient (Wildman–Crippen LogP) is 10.1. The lowest BCUT2D eigenvalue weighted by Crippen LogP contribution is -2.37. The number of hydrogen-bond acceptors (Lipinski definition) is 8. The zero-order chi connectivity index (χ0) is 39.5. The summed E-state index contributed by atoms with van der Waals surface area (Å²) in [5.41, 5.74) is 0. The Morgan fingerprint density at radius 3 is 1.92 bits per heavy atom. The van der Waals surface area contributed by atoms with Crippen molar-refractivity contribution in [3.05, 3.63) is 48.6 Å². The fraction of sp³-hybridized carbons (Fsp3) is 0.762. The minimum Gasteiger partial charge on any atom is -0.462 e. The van der Waals surface area contributed by atoms with Gasteiger partial charge in [0.25, 0.3) is 0 Å². The number of hydrogen-bond donors (Lipinski definition) is 2. The number of carbonyl (C=O) groups is 2. The van der Waals surface area contributed by atoms with Crippen LogP contribution in [-0.4, -0.2) is 86.1 Å². The van der Waals surface area contributed by atoms with Crippen molar-refractivity contribution in [2.24, 2.45) is 0 Å². The Hall–Kier alpha value is -2.07. The van der Waals surface area contributed by atoms with Crippen LogP contribution in [0, 0.1) is 0 Å². The highest BCUT2D eigenvalue weighted by molar-refractivity contribution is 7.47. The number of rotatable bonds is 36. The molecule has 0 aliphatic carbocycles. The molecule has 0 fully saturated rings. The van der Waals surface area contributed by atoms with Gasteiger partial charge in [-0.3, -0.25) is 18.6 Å². The number of nitrogens with zero attached hydrogens (tertiary/aromatic N) is 1. The Bertz CT molecular complexity index is 1070. The van der Waals surface area contributed by atoms with Crippen LogP contribution in [0.3, 0.4) is 0 Å². The second-order valence-electron chi connectivity index (χ2n) is 14.9. The minimum atomic E-state index is -4.42. The van der Waals surface area contributed by atoms with Crippen molar-refractivity contribution in [1.29, 1.82) is 0 Å². The predicted molar refractivity (Wildman–Crippen MR) is 216 cm³/mol. The molecule has 0 aliphatic heterocycles. The first kappa shape index (κ1) is 50.9. The molecule has 0 aromatic heterocycles. The van der Waals surface area contributed by atoms with Crippen molar-refractivity contribution in [1.82, 2.24) is 0 Å². The largest absolute Gasteiger partial charge is 0.472 e. The number of aliphatic hydroxyl groups is 1. The molecule has 0 saturated carbocycles. The van der Waals surface area contributed by atoms with E-state index < -0.39 is 38.6 Å². The Balaban J connectivity index is 4.62. The van der Waals surface area contributed by atoms with Crippen molar-refractivity contribution in [2.45, 2.75) is 161 Å². The smallest absolute Gasteiger partial charge is 0.462 e. The molecule has 0 radical (unpaired) electrons. The summed E-state index contributed by atoms with van der Waals surface area (Å²) in [6.45, 7) is 4.12. The molecule has 0 spiro atoms. The Morgan fingerprint density at radius 1 is 0.679 bits per heavy atom. The summed E-state index contributed by atoms with van der Waals surface area (Å²) in [7, 11) is 1.35. The van der Waals surface area contributed by atoms with Crippen molar-refractivity contribution in [3.8, 4) is 0 Å². The second kappa shape index (κ2) is 34.4. The lowest BCUT2D eigenvalue weighted by Gasteiger charge is -2.24. The maximum Gasteiger partial charge on any atom is 0.472 e. The van der Waals surface area contributed by atoms with E-state index in [0.717, 1.165) is 51.4 Å². The van der Waals surface area contributed by atoms with Gasteiger partial charge in [0.1, 0.15) is 19.8 Å². The quantitative estimate of drug-likeness (QED) is 0.0160. The van der Waals surface area contributed by atoms with Crippen LogP contribution < -0.4 is 0 Å². The summed E-state index contributed by atoms with van der Waals surface area (Å²) in [6.07, 6.45) is 34.8. The third kappa shape index (κ3) is 38.0. The van der Waals surface area contributed by atoms with Crippen LogP contribution in [-0.2, 0) is 32.7 Å². The lowest BCUT2D eigenvalue weighted by atomic mass is 10.1. The number of carbonyl (C=O) groups excluding carboxylic acids is 2. The molecule has 3 atom stereocenters. The summed E-state index contributed by atoms with van der Waals surface area (Å²) in [4.78, 5) is 35.2. The first-order valence-corrected chi connectivity index (χ1v) is 22.0. The van der Waals surface area contributed by atoms with Gasteiger partial charge >= 0.3 is 19.8 Å². The molecule has 0 saturated heterocycles. The van der Waals surface area contributed by atoms with Gasteiger partial charge in [0, 0.05) is 12.8 Å². The first-order valence-electron chi connectivity index (χ1n) is 20.5. The SMILES string of the molecule is CCCC/C=C\CCCCCCCC(=O)OC[C@H](COP(=O)(O)OCC[N+](C)(C)C)OC(=O)CCCC(O)/C=C/C=C/C/C=C/CCCCCCCC. The highest BCUT2D eigenvalue weighted by Gasteiger charge is 2.27. The van der Waals surface area contributed by atoms with Gasteiger partial charge in [-0.2, -0.15) is 0 Å². The number of likely N-dealkylation sites (N-methyl/N-ethyl adjacent to an activating group) is 1. The third-order valence-corrected chi connectivity index (χ3v) is 9.42. The van der Waals surface area contributed by atoms with Crippen molar-refractivity contribution < 1.29 is 47.2 Å². The van der Waals surface area contributed by atoms with Gasteiger partial charge < -0.3 is 24.0 Å². The van der Waals surface area contributed by atoms with Gasteiger partial charge in [-0.15, -0.1) is 0 Å². The number of phosphoric acid groups is 1. The van der Waals surface area contributed by atoms with E-state index in [0.29, 0.717) is 30.3 Å². The molecule has 2 N–H and O–H groups in total. The fourth-order valence-electron chi connectivity index (χ4n) is 5.12. The van der Waals surface area contributed by atoms with Gasteiger partial charge in [-0.05, 0) is 57.8 Å². The summed E-state index contributed by atoms with van der Waals surface area (Å²) in [5.74, 6) is -1.01. The van der Waals surface area contributed by atoms with E-state index in [1.807, 2.05) is 33.3 Å². The van der Waals surface area contributed by atoms with E-state index in [1.54, 1.807) is 12.2 Å². The number of allylic oxidation sites excluding steroid dienone is 7. The standard InChI is InChI=1S/C42H76NO9P/c1-6-8-10-12-14-16-18-19-21-22-24-26-28-31-39(44)32-30-34-42(46)52-40(38-51-53(47,48)50-36-35-43(3,4)5)37-49-41(45)33-29-27-25-23-20-17-15-13-11-9-7-2/h13,15,19,21,24,26,28,31,39-40,44H,6-12,14,16-18,20,22-23,25,27,29-30,32-38H2,1-5H3/p+1/b15-13-,21-19+,26-24+,31-28+/t39?,40-/m1/s1. The summed E-state index contributed by atoms with van der Waals surface area (Å²) >= 11 is 0. The van der Waals surface area contributed by atoms with Gasteiger partial charge in [0.15, 0.2) is 6.10 Å². The normalized spacial score (nSPS) is 14.8. The van der Waals surface area contributed by atoms with Crippen molar-refractivity contribution in [3.63, 3.8) is 0 Å². The number of aliphatic hydroxyl groups excluding tert-OH is 1. The first-order chi connectivity index (χ1) is 25.4. The third-order valence-electron chi connectivity index (χ3n) is 8.44. The topological polar surface area (TPSA) is 129 Å². The van der Waals surface area contributed by atoms with Crippen LogP contribution in [0.25, 0.3) is 0 Å². The molecule has 11 heteroatoms. The summed E-state index contributed by atoms with van der Waals surface area (Å²) < 4.78 is 34.0. The van der Waals surface area contributed by atoms with Gasteiger partial charge in [0.2, 0.25) is 0 Å². The zero-order valence-electron chi connectivity index (χ0n) is 34.1. The number of phosphoric ester groups is 1. The van der Waals surface area contributed by atoms with Crippen molar-refractivity contribution in [2.75, 3.05) is 47.5 Å². The monoisotopic (exact) mass is 771 g/mol. The Labute approximate surface area is 323 Å². The van der Waals surface area contributed by atoms with Gasteiger partial charge in [-0.1, -0.05) is 127 Å². The van der Waals surface area contributed by atoms with Crippen LogP contribution >= 0.6 is 7.82 Å². The number of quaternary nitrogens is 1. The van der Waals surface area contributed by atoms with Crippen LogP contribution in [0.15, 0.2) is 48.6 Å². The second-order valence-corrected chi connectivity index (χ2v) is 16.3. The highest BCUT2D eigenvalue weighted by Crippen LogP contribution is 2.43. The minimum absolute atomic E-state index is 0.00466. The Morgan fingerprint density at radius 2 is 1.26 bits per heavy atom. The van der Waals surface area contributed by atoms with Gasteiger partial charge in [0.05, 0.1) is 33.9 Å². The molecule has 308 valence electrons. The molecule has 0 rings (SSSR count).